The number of rotatable bonds is 3. The highest BCUT2D eigenvalue weighted by Gasteiger charge is 2.26. The highest BCUT2D eigenvalue weighted by atomic mass is 16.5. The van der Waals surface area contributed by atoms with Crippen LogP contribution in [0.5, 0.6) is 5.75 Å². The zero-order chi connectivity index (χ0) is 16.5. The van der Waals surface area contributed by atoms with Gasteiger partial charge in [-0.25, -0.2) is 0 Å². The van der Waals surface area contributed by atoms with Crippen LogP contribution < -0.4 is 10.1 Å². The summed E-state index contributed by atoms with van der Waals surface area (Å²) in [7, 11) is 3.77. The predicted octanol–water partition coefficient (Wildman–Crippen LogP) is 2.47. The van der Waals surface area contributed by atoms with Crippen LogP contribution in [-0.4, -0.2) is 48.8 Å². The Balaban J connectivity index is 1.76. The number of likely N-dealkylation sites (N-methyl/N-ethyl adjacent to an activating group) is 1. The lowest BCUT2D eigenvalue weighted by atomic mass is 10.0. The molecule has 0 bridgehead atoms. The molecular formula is C18H20N4O2. The summed E-state index contributed by atoms with van der Waals surface area (Å²) in [5.41, 5.74) is 0.927. The van der Waals surface area contributed by atoms with Gasteiger partial charge in [0.15, 0.2) is 5.82 Å². The molecule has 0 amide bonds. The first kappa shape index (κ1) is 15.1. The van der Waals surface area contributed by atoms with Crippen molar-refractivity contribution >= 4 is 10.8 Å². The van der Waals surface area contributed by atoms with Crippen LogP contribution in [0.4, 0.5) is 0 Å². The molecule has 6 heteroatoms. The summed E-state index contributed by atoms with van der Waals surface area (Å²) in [6, 6.07) is 12.1. The van der Waals surface area contributed by atoms with Crippen LogP contribution in [0.15, 0.2) is 40.9 Å². The third kappa shape index (κ3) is 2.53. The van der Waals surface area contributed by atoms with Crippen LogP contribution in [0.2, 0.25) is 0 Å². The van der Waals surface area contributed by atoms with Crippen molar-refractivity contribution < 1.29 is 9.26 Å². The summed E-state index contributed by atoms with van der Waals surface area (Å²) in [6.45, 7) is 2.79. The van der Waals surface area contributed by atoms with Crippen LogP contribution in [-0.2, 0) is 0 Å². The molecule has 0 spiro atoms. The van der Waals surface area contributed by atoms with Gasteiger partial charge < -0.3 is 14.6 Å². The lowest BCUT2D eigenvalue weighted by Crippen LogP contribution is -2.44. The van der Waals surface area contributed by atoms with E-state index in [2.05, 4.69) is 27.4 Å². The first-order valence-electron chi connectivity index (χ1n) is 8.08. The number of nitrogens with one attached hydrogen (secondary N) is 1. The number of ether oxygens (including phenoxy) is 1. The van der Waals surface area contributed by atoms with Crippen molar-refractivity contribution in [2.24, 2.45) is 0 Å². The molecular weight excluding hydrogens is 304 g/mol. The molecule has 1 N–H and O–H groups in total. The third-order valence-electron chi connectivity index (χ3n) is 4.59. The number of hydrogen-bond donors (Lipinski definition) is 1. The Hall–Kier alpha value is -2.44. The Kier molecular flexibility index (Phi) is 3.92. The molecule has 1 aliphatic heterocycles. The summed E-state index contributed by atoms with van der Waals surface area (Å²) in [5, 5.41) is 9.67. The maximum absolute atomic E-state index is 5.58. The Morgan fingerprint density at radius 2 is 2.04 bits per heavy atom. The molecule has 1 atom stereocenters. The zero-order valence-electron chi connectivity index (χ0n) is 13.8. The van der Waals surface area contributed by atoms with Gasteiger partial charge in [-0.2, -0.15) is 4.98 Å². The molecule has 0 aliphatic carbocycles. The molecule has 124 valence electrons. The second-order valence-corrected chi connectivity index (χ2v) is 6.02. The molecule has 0 radical (unpaired) electrons. The molecule has 3 aromatic rings. The number of hydrogen-bond acceptors (Lipinski definition) is 6. The lowest BCUT2D eigenvalue weighted by molar-refractivity contribution is 0.190. The zero-order valence-corrected chi connectivity index (χ0v) is 13.8. The fraction of sp³-hybridized carbons (Fsp3) is 0.333. The monoisotopic (exact) mass is 324 g/mol. The van der Waals surface area contributed by atoms with Crippen molar-refractivity contribution in [2.45, 2.75) is 6.04 Å². The summed E-state index contributed by atoms with van der Waals surface area (Å²) < 4.78 is 11.0. The maximum atomic E-state index is 5.58. The van der Waals surface area contributed by atoms with Gasteiger partial charge in [0.1, 0.15) is 5.75 Å². The van der Waals surface area contributed by atoms with Crippen molar-refractivity contribution in [2.75, 3.05) is 33.8 Å². The van der Waals surface area contributed by atoms with Crippen LogP contribution in [0.3, 0.4) is 0 Å². The van der Waals surface area contributed by atoms with Gasteiger partial charge in [-0.3, -0.25) is 4.90 Å². The van der Waals surface area contributed by atoms with E-state index in [0.29, 0.717) is 5.89 Å². The fourth-order valence-corrected chi connectivity index (χ4v) is 3.21. The molecule has 6 nitrogen and oxygen atoms in total. The molecule has 0 saturated carbocycles. The van der Waals surface area contributed by atoms with Crippen LogP contribution in [0, 0.1) is 0 Å². The molecule has 1 unspecified atom stereocenters. The molecule has 2 aromatic carbocycles. The Bertz CT molecular complexity index is 861. The number of benzene rings is 2. The summed E-state index contributed by atoms with van der Waals surface area (Å²) in [4.78, 5) is 6.91. The van der Waals surface area contributed by atoms with E-state index in [4.69, 9.17) is 9.26 Å². The molecule has 1 aromatic heterocycles. The summed E-state index contributed by atoms with van der Waals surface area (Å²) >= 11 is 0. The number of aromatic nitrogens is 2. The molecule has 1 saturated heterocycles. The van der Waals surface area contributed by atoms with Gasteiger partial charge in [0.05, 0.1) is 13.2 Å². The van der Waals surface area contributed by atoms with Crippen LogP contribution in [0.25, 0.3) is 22.2 Å². The van der Waals surface area contributed by atoms with E-state index in [0.717, 1.165) is 47.5 Å². The lowest BCUT2D eigenvalue weighted by Gasteiger charge is -2.30. The second kappa shape index (κ2) is 6.22. The number of nitrogens with zero attached hydrogens (tertiary/aromatic N) is 3. The largest absolute Gasteiger partial charge is 0.496 e. The topological polar surface area (TPSA) is 63.4 Å². The van der Waals surface area contributed by atoms with Crippen molar-refractivity contribution in [3.8, 4) is 17.2 Å². The van der Waals surface area contributed by atoms with E-state index < -0.39 is 0 Å². The van der Waals surface area contributed by atoms with Gasteiger partial charge in [-0.15, -0.1) is 0 Å². The first-order valence-corrected chi connectivity index (χ1v) is 8.08. The van der Waals surface area contributed by atoms with E-state index in [1.807, 2.05) is 36.4 Å². The van der Waals surface area contributed by atoms with E-state index in [1.165, 1.54) is 0 Å². The number of methoxy groups -OCH3 is 1. The minimum absolute atomic E-state index is 0.140. The van der Waals surface area contributed by atoms with E-state index >= 15 is 0 Å². The number of piperazine rings is 1. The summed E-state index contributed by atoms with van der Waals surface area (Å²) in [6.07, 6.45) is 0. The highest BCUT2D eigenvalue weighted by molar-refractivity contribution is 5.98. The molecule has 1 fully saturated rings. The molecule has 1 aliphatic rings. The molecule has 24 heavy (non-hydrogen) atoms. The second-order valence-electron chi connectivity index (χ2n) is 6.02. The van der Waals surface area contributed by atoms with Crippen molar-refractivity contribution in [3.05, 3.63) is 42.2 Å². The SMILES string of the molecule is COc1ccc(-c2nc(C3CNCCN3C)no2)c2ccccc12. The van der Waals surface area contributed by atoms with E-state index in [1.54, 1.807) is 7.11 Å². The van der Waals surface area contributed by atoms with E-state index in [9.17, 15) is 0 Å². The van der Waals surface area contributed by atoms with Crippen LogP contribution >= 0.6 is 0 Å². The number of fused-ring (bicyclic) bond motifs is 1. The average molecular weight is 324 g/mol. The van der Waals surface area contributed by atoms with Crippen molar-refractivity contribution in [1.82, 2.24) is 20.4 Å². The minimum Gasteiger partial charge on any atom is -0.496 e. The van der Waals surface area contributed by atoms with E-state index in [-0.39, 0.29) is 6.04 Å². The average Bonchev–Trinajstić information content (AvgIpc) is 3.10. The van der Waals surface area contributed by atoms with Gasteiger partial charge in [-0.05, 0) is 24.6 Å². The quantitative estimate of drug-likeness (QED) is 0.798. The van der Waals surface area contributed by atoms with Gasteiger partial charge >= 0.3 is 0 Å². The molecule has 4 rings (SSSR count). The first-order chi connectivity index (χ1) is 11.8. The summed E-state index contributed by atoms with van der Waals surface area (Å²) in [5.74, 6) is 2.10. The van der Waals surface area contributed by atoms with Gasteiger partial charge in [0.25, 0.3) is 5.89 Å². The normalized spacial score (nSPS) is 18.8. The standard InChI is InChI=1S/C18H20N4O2/c1-22-10-9-19-11-15(22)17-20-18(24-21-17)14-7-8-16(23-2)13-6-4-3-5-12(13)14/h3-8,15,19H,9-11H2,1-2H3. The highest BCUT2D eigenvalue weighted by Crippen LogP contribution is 2.34. The van der Waals surface area contributed by atoms with Gasteiger partial charge in [-0.1, -0.05) is 29.4 Å². The molecule has 2 heterocycles. The maximum Gasteiger partial charge on any atom is 0.258 e. The smallest absolute Gasteiger partial charge is 0.258 e. The van der Waals surface area contributed by atoms with Gasteiger partial charge in [0, 0.05) is 30.6 Å². The Morgan fingerprint density at radius 1 is 1.21 bits per heavy atom. The Morgan fingerprint density at radius 3 is 2.83 bits per heavy atom. The Labute approximate surface area is 140 Å². The van der Waals surface area contributed by atoms with Crippen molar-refractivity contribution in [1.29, 1.82) is 0 Å². The minimum atomic E-state index is 0.140. The van der Waals surface area contributed by atoms with Gasteiger partial charge in [0.2, 0.25) is 0 Å². The third-order valence-corrected chi connectivity index (χ3v) is 4.59. The van der Waals surface area contributed by atoms with Crippen LogP contribution in [0.1, 0.15) is 11.9 Å². The van der Waals surface area contributed by atoms with Crippen molar-refractivity contribution in [3.63, 3.8) is 0 Å². The fourth-order valence-electron chi connectivity index (χ4n) is 3.21. The predicted molar refractivity (Wildman–Crippen MR) is 92.0 cm³/mol.